The van der Waals surface area contributed by atoms with E-state index in [2.05, 4.69) is 0 Å². The molecule has 1 amide bonds. The Kier molecular flexibility index (Phi) is 1.62. The zero-order valence-corrected chi connectivity index (χ0v) is 5.57. The second kappa shape index (κ2) is 2.43. The van der Waals surface area contributed by atoms with E-state index in [1.54, 1.807) is 18.3 Å². The maximum Gasteiger partial charge on any atom is 0.268 e. The number of hydrogen-bond acceptors (Lipinski definition) is 2. The highest BCUT2D eigenvalue weighted by Crippen LogP contribution is 1.96. The van der Waals surface area contributed by atoms with Gasteiger partial charge in [0.05, 0.1) is 0 Å². The number of aromatic nitrogens is 1. The van der Waals surface area contributed by atoms with Crippen LogP contribution in [0.3, 0.4) is 0 Å². The van der Waals surface area contributed by atoms with Crippen molar-refractivity contribution in [1.29, 1.82) is 0 Å². The first-order valence-corrected chi connectivity index (χ1v) is 2.77. The van der Waals surface area contributed by atoms with Gasteiger partial charge in [-0.05, 0) is 12.1 Å². The molecule has 0 aromatic carbocycles. The Labute approximate surface area is 58.1 Å². The van der Waals surface area contributed by atoms with Crippen LogP contribution in [-0.2, 0) is 0 Å². The fourth-order valence-electron chi connectivity index (χ4n) is 0.716. The van der Waals surface area contributed by atoms with E-state index in [0.29, 0.717) is 5.69 Å². The van der Waals surface area contributed by atoms with Crippen molar-refractivity contribution in [3.8, 4) is 0 Å². The van der Waals surface area contributed by atoms with Crippen LogP contribution in [0.15, 0.2) is 18.3 Å². The number of nitrogens with two attached hydrogens (primary N) is 1. The van der Waals surface area contributed by atoms with Crippen molar-refractivity contribution in [2.45, 2.75) is 0 Å². The monoisotopic (exact) mass is 140 g/mol. The maximum absolute atomic E-state index is 10.6. The van der Waals surface area contributed by atoms with Gasteiger partial charge in [-0.15, -0.1) is 0 Å². The van der Waals surface area contributed by atoms with Crippen molar-refractivity contribution >= 4 is 5.91 Å². The SMILES string of the molecule is COn1cccc1C(N)=O. The van der Waals surface area contributed by atoms with Gasteiger partial charge >= 0.3 is 0 Å². The van der Waals surface area contributed by atoms with E-state index in [4.69, 9.17) is 10.6 Å². The fraction of sp³-hybridized carbons (Fsp3) is 0.167. The average molecular weight is 140 g/mol. The summed E-state index contributed by atoms with van der Waals surface area (Å²) in [6.45, 7) is 0. The van der Waals surface area contributed by atoms with Crippen LogP contribution in [0.4, 0.5) is 0 Å². The van der Waals surface area contributed by atoms with Crippen LogP contribution >= 0.6 is 0 Å². The lowest BCUT2D eigenvalue weighted by atomic mass is 10.4. The van der Waals surface area contributed by atoms with Gasteiger partial charge in [0.2, 0.25) is 0 Å². The highest BCUT2D eigenvalue weighted by Gasteiger charge is 2.04. The molecule has 0 aliphatic carbocycles. The van der Waals surface area contributed by atoms with Crippen molar-refractivity contribution in [1.82, 2.24) is 4.73 Å². The first kappa shape index (κ1) is 6.67. The molecule has 54 valence electrons. The predicted molar refractivity (Wildman–Crippen MR) is 35.5 cm³/mol. The molecule has 1 rings (SSSR count). The van der Waals surface area contributed by atoms with E-state index >= 15 is 0 Å². The summed E-state index contributed by atoms with van der Waals surface area (Å²) in [5, 5.41) is 0. The second-order valence-electron chi connectivity index (χ2n) is 1.77. The Morgan fingerprint density at radius 1 is 1.80 bits per heavy atom. The minimum Gasteiger partial charge on any atom is -0.417 e. The molecule has 4 heteroatoms. The maximum atomic E-state index is 10.6. The van der Waals surface area contributed by atoms with E-state index < -0.39 is 5.91 Å². The summed E-state index contributed by atoms with van der Waals surface area (Å²) in [6.07, 6.45) is 1.61. The third kappa shape index (κ3) is 0.953. The molecule has 0 radical (unpaired) electrons. The molecule has 4 nitrogen and oxygen atoms in total. The van der Waals surface area contributed by atoms with Crippen LogP contribution in [0.2, 0.25) is 0 Å². The van der Waals surface area contributed by atoms with Crippen LogP contribution in [0, 0.1) is 0 Å². The summed E-state index contributed by atoms with van der Waals surface area (Å²) in [7, 11) is 1.46. The smallest absolute Gasteiger partial charge is 0.268 e. The molecule has 0 saturated heterocycles. The van der Waals surface area contributed by atoms with Crippen molar-refractivity contribution in [3.05, 3.63) is 24.0 Å². The number of primary amides is 1. The Morgan fingerprint density at radius 3 is 2.90 bits per heavy atom. The third-order valence-electron chi connectivity index (χ3n) is 1.16. The van der Waals surface area contributed by atoms with Crippen molar-refractivity contribution < 1.29 is 9.63 Å². The molecule has 2 N–H and O–H groups in total. The summed E-state index contributed by atoms with van der Waals surface area (Å²) in [5.74, 6) is -0.494. The number of carbonyl (C=O) groups excluding carboxylic acids is 1. The normalized spacial score (nSPS) is 9.30. The van der Waals surface area contributed by atoms with Crippen LogP contribution in [-0.4, -0.2) is 17.7 Å². The average Bonchev–Trinajstić information content (AvgIpc) is 2.33. The van der Waals surface area contributed by atoms with E-state index in [9.17, 15) is 4.79 Å². The zero-order valence-electron chi connectivity index (χ0n) is 5.57. The number of amides is 1. The minimum atomic E-state index is -0.494. The van der Waals surface area contributed by atoms with E-state index in [-0.39, 0.29) is 0 Å². The fourth-order valence-corrected chi connectivity index (χ4v) is 0.716. The van der Waals surface area contributed by atoms with Gasteiger partial charge in [-0.1, -0.05) is 0 Å². The molecular formula is C6H8N2O2. The highest BCUT2D eigenvalue weighted by atomic mass is 16.6. The summed E-state index contributed by atoms with van der Waals surface area (Å²) >= 11 is 0. The first-order valence-electron chi connectivity index (χ1n) is 2.77. The lowest BCUT2D eigenvalue weighted by Crippen LogP contribution is -2.19. The molecular weight excluding hydrogens is 132 g/mol. The van der Waals surface area contributed by atoms with Crippen molar-refractivity contribution in [3.63, 3.8) is 0 Å². The largest absolute Gasteiger partial charge is 0.417 e. The molecule has 0 unspecified atom stereocenters. The van der Waals surface area contributed by atoms with Crippen LogP contribution in [0.5, 0.6) is 0 Å². The molecule has 0 aliphatic rings. The van der Waals surface area contributed by atoms with Crippen LogP contribution in [0.25, 0.3) is 0 Å². The van der Waals surface area contributed by atoms with Crippen molar-refractivity contribution in [2.24, 2.45) is 5.73 Å². The number of nitrogens with zero attached hydrogens (tertiary/aromatic N) is 1. The molecule has 1 heterocycles. The van der Waals surface area contributed by atoms with Gasteiger partial charge in [0, 0.05) is 6.20 Å². The standard InChI is InChI=1S/C6H8N2O2/c1-10-8-4-2-3-5(8)6(7)9/h2-4H,1H3,(H2,7,9). The van der Waals surface area contributed by atoms with Crippen molar-refractivity contribution in [2.75, 3.05) is 7.11 Å². The van der Waals surface area contributed by atoms with Gasteiger partial charge in [-0.25, -0.2) is 0 Å². The number of hydrogen-bond donors (Lipinski definition) is 1. The lowest BCUT2D eigenvalue weighted by molar-refractivity contribution is 0.0942. The first-order chi connectivity index (χ1) is 4.75. The number of rotatable bonds is 2. The summed E-state index contributed by atoms with van der Waals surface area (Å²) in [5.41, 5.74) is 5.34. The van der Waals surface area contributed by atoms with Crippen LogP contribution in [0.1, 0.15) is 10.5 Å². The molecule has 0 atom stereocenters. The Hall–Kier alpha value is -1.45. The third-order valence-corrected chi connectivity index (χ3v) is 1.16. The van der Waals surface area contributed by atoms with Gasteiger partial charge in [0.1, 0.15) is 12.8 Å². The van der Waals surface area contributed by atoms with Gasteiger partial charge in [0.25, 0.3) is 5.91 Å². The molecule has 0 bridgehead atoms. The molecule has 0 spiro atoms. The summed E-state index contributed by atoms with van der Waals surface area (Å²) in [6, 6.07) is 3.27. The second-order valence-corrected chi connectivity index (χ2v) is 1.77. The van der Waals surface area contributed by atoms with Gasteiger partial charge in [0.15, 0.2) is 0 Å². The molecule has 0 aliphatic heterocycles. The van der Waals surface area contributed by atoms with Gasteiger partial charge in [-0.2, -0.15) is 4.73 Å². The number of carbonyl (C=O) groups is 1. The molecule has 10 heavy (non-hydrogen) atoms. The van der Waals surface area contributed by atoms with Crippen LogP contribution < -0.4 is 10.6 Å². The summed E-state index contributed by atoms with van der Waals surface area (Å²) in [4.78, 5) is 15.3. The molecule has 0 fully saturated rings. The zero-order chi connectivity index (χ0) is 7.56. The van der Waals surface area contributed by atoms with E-state index in [1.165, 1.54) is 11.8 Å². The Balaban J connectivity index is 3.01. The van der Waals surface area contributed by atoms with E-state index in [0.717, 1.165) is 0 Å². The predicted octanol–water partition coefficient (Wildman–Crippen LogP) is -0.355. The van der Waals surface area contributed by atoms with Gasteiger partial charge in [-0.3, -0.25) is 4.79 Å². The van der Waals surface area contributed by atoms with E-state index in [1.807, 2.05) is 0 Å². The van der Waals surface area contributed by atoms with Gasteiger partial charge < -0.3 is 10.6 Å². The lowest BCUT2D eigenvalue weighted by Gasteiger charge is -2.01. The minimum absolute atomic E-state index is 0.350. The Bertz CT molecular complexity index is 242. The quantitative estimate of drug-likeness (QED) is 0.610. The molecule has 1 aromatic rings. The molecule has 0 saturated carbocycles. The molecule has 1 aromatic heterocycles. The Morgan fingerprint density at radius 2 is 2.50 bits per heavy atom. The highest BCUT2D eigenvalue weighted by molar-refractivity contribution is 5.91. The summed E-state index contributed by atoms with van der Waals surface area (Å²) < 4.78 is 1.31. The topological polar surface area (TPSA) is 57.2 Å².